The average Bonchev–Trinajstić information content (AvgIpc) is 2.28. The van der Waals surface area contributed by atoms with E-state index in [1.807, 2.05) is 12.3 Å². The van der Waals surface area contributed by atoms with Gasteiger partial charge in [-0.3, -0.25) is 10.2 Å². The summed E-state index contributed by atoms with van der Waals surface area (Å²) in [5.41, 5.74) is 2.01. The highest BCUT2D eigenvalue weighted by atomic mass is 16.5. The second kappa shape index (κ2) is 5.52. The number of hydrazine groups is 1. The standard InChI is InChI=1S/C8H16N4O3/c1-2-10-7(13)6-5-15-4-3-12(6)8(14)11-9/h6H,2-5,9H2,1H3,(H,10,13)(H,11,14). The number of nitrogens with zero attached hydrogens (tertiary/aromatic N) is 1. The van der Waals surface area contributed by atoms with Crippen molar-refractivity contribution >= 4 is 11.9 Å². The fourth-order valence-electron chi connectivity index (χ4n) is 1.44. The third-order valence-corrected chi connectivity index (χ3v) is 2.17. The van der Waals surface area contributed by atoms with Gasteiger partial charge in [-0.15, -0.1) is 0 Å². The van der Waals surface area contributed by atoms with Crippen LogP contribution in [-0.2, 0) is 9.53 Å². The highest BCUT2D eigenvalue weighted by molar-refractivity contribution is 5.87. The Morgan fingerprint density at radius 3 is 2.93 bits per heavy atom. The fourth-order valence-corrected chi connectivity index (χ4v) is 1.44. The Balaban J connectivity index is 2.65. The Morgan fingerprint density at radius 1 is 1.60 bits per heavy atom. The van der Waals surface area contributed by atoms with Crippen molar-refractivity contribution in [2.45, 2.75) is 13.0 Å². The number of morpholine rings is 1. The van der Waals surface area contributed by atoms with Crippen LogP contribution in [0.2, 0.25) is 0 Å². The molecule has 0 spiro atoms. The SMILES string of the molecule is CCNC(=O)C1COCCN1C(=O)NN. The third-order valence-electron chi connectivity index (χ3n) is 2.17. The maximum Gasteiger partial charge on any atom is 0.332 e. The quantitative estimate of drug-likeness (QED) is 0.294. The van der Waals surface area contributed by atoms with E-state index >= 15 is 0 Å². The Labute approximate surface area is 87.9 Å². The van der Waals surface area contributed by atoms with E-state index in [-0.39, 0.29) is 12.5 Å². The monoisotopic (exact) mass is 216 g/mol. The van der Waals surface area contributed by atoms with Gasteiger partial charge in [0.2, 0.25) is 5.91 Å². The molecule has 1 saturated heterocycles. The van der Waals surface area contributed by atoms with Crippen LogP contribution in [-0.4, -0.2) is 49.2 Å². The van der Waals surface area contributed by atoms with Gasteiger partial charge in [0.1, 0.15) is 6.04 Å². The van der Waals surface area contributed by atoms with Crippen molar-refractivity contribution < 1.29 is 14.3 Å². The molecule has 1 aliphatic heterocycles. The number of carbonyl (C=O) groups is 2. The first-order valence-corrected chi connectivity index (χ1v) is 4.83. The molecule has 1 fully saturated rings. The van der Waals surface area contributed by atoms with Crippen LogP contribution in [0.5, 0.6) is 0 Å². The zero-order chi connectivity index (χ0) is 11.3. The van der Waals surface area contributed by atoms with Crippen molar-refractivity contribution in [2.75, 3.05) is 26.3 Å². The lowest BCUT2D eigenvalue weighted by molar-refractivity contribution is -0.130. The van der Waals surface area contributed by atoms with E-state index < -0.39 is 12.1 Å². The second-order valence-corrected chi connectivity index (χ2v) is 3.13. The Kier molecular flexibility index (Phi) is 4.32. The molecule has 0 aromatic carbocycles. The molecule has 7 nitrogen and oxygen atoms in total. The van der Waals surface area contributed by atoms with Crippen LogP contribution in [0, 0.1) is 0 Å². The molecule has 1 rings (SSSR count). The Morgan fingerprint density at radius 2 is 2.33 bits per heavy atom. The van der Waals surface area contributed by atoms with Crippen LogP contribution >= 0.6 is 0 Å². The molecule has 15 heavy (non-hydrogen) atoms. The molecule has 0 aliphatic carbocycles. The van der Waals surface area contributed by atoms with Gasteiger partial charge in [-0.2, -0.15) is 0 Å². The van der Waals surface area contributed by atoms with Crippen molar-refractivity contribution in [2.24, 2.45) is 5.84 Å². The molecule has 1 heterocycles. The molecule has 0 radical (unpaired) electrons. The van der Waals surface area contributed by atoms with Gasteiger partial charge in [0.05, 0.1) is 13.2 Å². The first-order valence-electron chi connectivity index (χ1n) is 4.83. The van der Waals surface area contributed by atoms with Crippen LogP contribution in [0.3, 0.4) is 0 Å². The minimum atomic E-state index is -0.595. The number of ether oxygens (including phenoxy) is 1. The summed E-state index contributed by atoms with van der Waals surface area (Å²) in [5.74, 6) is 4.80. The molecule has 0 bridgehead atoms. The van der Waals surface area contributed by atoms with Crippen molar-refractivity contribution in [3.8, 4) is 0 Å². The highest BCUT2D eigenvalue weighted by Crippen LogP contribution is 2.06. The summed E-state index contributed by atoms with van der Waals surface area (Å²) in [5, 5.41) is 2.64. The number of nitrogens with one attached hydrogen (secondary N) is 2. The van der Waals surface area contributed by atoms with Gasteiger partial charge < -0.3 is 15.0 Å². The van der Waals surface area contributed by atoms with E-state index in [0.717, 1.165) is 0 Å². The molecule has 3 amide bonds. The fraction of sp³-hybridized carbons (Fsp3) is 0.750. The van der Waals surface area contributed by atoms with Crippen LogP contribution in [0.1, 0.15) is 6.92 Å². The average molecular weight is 216 g/mol. The first-order chi connectivity index (χ1) is 7.20. The first kappa shape index (κ1) is 11.7. The van der Waals surface area contributed by atoms with Gasteiger partial charge in [-0.25, -0.2) is 10.6 Å². The second-order valence-electron chi connectivity index (χ2n) is 3.13. The molecule has 7 heteroatoms. The summed E-state index contributed by atoms with van der Waals surface area (Å²) in [4.78, 5) is 24.3. The van der Waals surface area contributed by atoms with Crippen molar-refractivity contribution in [3.63, 3.8) is 0 Å². The summed E-state index contributed by atoms with van der Waals surface area (Å²) in [7, 11) is 0. The number of rotatable bonds is 2. The maximum atomic E-state index is 11.6. The van der Waals surface area contributed by atoms with Crippen molar-refractivity contribution in [3.05, 3.63) is 0 Å². The van der Waals surface area contributed by atoms with Crippen LogP contribution < -0.4 is 16.6 Å². The van der Waals surface area contributed by atoms with Crippen molar-refractivity contribution in [1.82, 2.24) is 15.6 Å². The molecule has 1 atom stereocenters. The van der Waals surface area contributed by atoms with Crippen LogP contribution in [0.15, 0.2) is 0 Å². The van der Waals surface area contributed by atoms with Crippen molar-refractivity contribution in [1.29, 1.82) is 0 Å². The molecular formula is C8H16N4O3. The molecular weight excluding hydrogens is 200 g/mol. The number of amides is 3. The molecule has 0 aromatic heterocycles. The third kappa shape index (κ3) is 2.80. The Hall–Kier alpha value is -1.34. The lowest BCUT2D eigenvalue weighted by Crippen LogP contribution is -2.59. The van der Waals surface area contributed by atoms with Gasteiger partial charge >= 0.3 is 6.03 Å². The zero-order valence-electron chi connectivity index (χ0n) is 8.66. The maximum absolute atomic E-state index is 11.6. The lowest BCUT2D eigenvalue weighted by atomic mass is 10.2. The van der Waals surface area contributed by atoms with Gasteiger partial charge in [-0.1, -0.05) is 0 Å². The van der Waals surface area contributed by atoms with Crippen LogP contribution in [0.25, 0.3) is 0 Å². The molecule has 0 saturated carbocycles. The molecule has 86 valence electrons. The number of nitrogens with two attached hydrogens (primary N) is 1. The summed E-state index contributed by atoms with van der Waals surface area (Å²) < 4.78 is 5.15. The number of carbonyl (C=O) groups excluding carboxylic acids is 2. The zero-order valence-corrected chi connectivity index (χ0v) is 8.66. The van der Waals surface area contributed by atoms with Gasteiger partial charge in [-0.05, 0) is 6.92 Å². The number of likely N-dealkylation sites (N-methyl/N-ethyl adjacent to an activating group) is 1. The minimum absolute atomic E-state index is 0.208. The van der Waals surface area contributed by atoms with Crippen LogP contribution in [0.4, 0.5) is 4.79 Å². The van der Waals surface area contributed by atoms with E-state index in [9.17, 15) is 9.59 Å². The minimum Gasteiger partial charge on any atom is -0.377 e. The summed E-state index contributed by atoms with van der Waals surface area (Å²) >= 11 is 0. The predicted molar refractivity (Wildman–Crippen MR) is 52.7 cm³/mol. The molecule has 1 aliphatic rings. The summed E-state index contributed by atoms with van der Waals surface area (Å²) in [6.07, 6.45) is 0. The smallest absolute Gasteiger partial charge is 0.332 e. The van der Waals surface area contributed by atoms with Gasteiger partial charge in [0.15, 0.2) is 0 Å². The van der Waals surface area contributed by atoms with E-state index in [1.165, 1.54) is 4.90 Å². The Bertz CT molecular complexity index is 246. The lowest BCUT2D eigenvalue weighted by Gasteiger charge is -2.33. The largest absolute Gasteiger partial charge is 0.377 e. The van der Waals surface area contributed by atoms with E-state index in [2.05, 4.69) is 5.32 Å². The summed E-state index contributed by atoms with van der Waals surface area (Å²) in [6.45, 7) is 3.33. The summed E-state index contributed by atoms with van der Waals surface area (Å²) in [6, 6.07) is -1.06. The van der Waals surface area contributed by atoms with Gasteiger partial charge in [0.25, 0.3) is 0 Å². The molecule has 1 unspecified atom stereocenters. The van der Waals surface area contributed by atoms with E-state index in [0.29, 0.717) is 19.7 Å². The van der Waals surface area contributed by atoms with E-state index in [4.69, 9.17) is 10.6 Å². The number of hydrogen-bond acceptors (Lipinski definition) is 4. The molecule has 0 aromatic rings. The number of urea groups is 1. The van der Waals surface area contributed by atoms with E-state index in [1.54, 1.807) is 0 Å². The van der Waals surface area contributed by atoms with Gasteiger partial charge in [0, 0.05) is 13.1 Å². The number of hydrogen-bond donors (Lipinski definition) is 3. The topological polar surface area (TPSA) is 96.7 Å². The normalized spacial score (nSPS) is 20.9. The molecule has 4 N–H and O–H groups in total. The predicted octanol–water partition coefficient (Wildman–Crippen LogP) is -1.59. The highest BCUT2D eigenvalue weighted by Gasteiger charge is 2.32.